The number of aliphatic carboxylic acids is 1. The van der Waals surface area contributed by atoms with Gasteiger partial charge >= 0.3 is 12.1 Å². The molecule has 0 unspecified atom stereocenters. The van der Waals surface area contributed by atoms with Gasteiger partial charge < -0.3 is 10.4 Å². The maximum atomic E-state index is 12.5. The predicted octanol–water partition coefficient (Wildman–Crippen LogP) is 4.01. The summed E-state index contributed by atoms with van der Waals surface area (Å²) < 4.78 is 37.4. The van der Waals surface area contributed by atoms with Crippen LogP contribution in [0.2, 0.25) is 0 Å². The van der Waals surface area contributed by atoms with Gasteiger partial charge in [0, 0.05) is 11.2 Å². The summed E-state index contributed by atoms with van der Waals surface area (Å²) in [4.78, 5) is 11.3. The van der Waals surface area contributed by atoms with Crippen molar-refractivity contribution in [3.63, 3.8) is 0 Å². The van der Waals surface area contributed by atoms with E-state index in [1.807, 2.05) is 0 Å². The number of hydrogen-bond donors (Lipinski definition) is 2. The molecule has 0 aliphatic heterocycles. The molecule has 0 saturated carbocycles. The van der Waals surface area contributed by atoms with Crippen LogP contribution in [-0.2, 0) is 11.0 Å². The normalized spacial score (nSPS) is 13.2. The quantitative estimate of drug-likeness (QED) is 0.880. The Labute approximate surface area is 115 Å². The van der Waals surface area contributed by atoms with Gasteiger partial charge in [-0.05, 0) is 52.0 Å². The van der Waals surface area contributed by atoms with Gasteiger partial charge in [-0.3, -0.25) is 4.79 Å². The highest BCUT2D eigenvalue weighted by Crippen LogP contribution is 2.35. The molecule has 2 N–H and O–H groups in total. The maximum absolute atomic E-state index is 12.5. The molecule has 20 heavy (non-hydrogen) atoms. The summed E-state index contributed by atoms with van der Waals surface area (Å²) in [5, 5.41) is 12.2. The molecule has 1 rings (SSSR count). The molecule has 3 nitrogen and oxygen atoms in total. The molecule has 0 bridgehead atoms. The number of carboxylic acids is 1. The van der Waals surface area contributed by atoms with E-state index >= 15 is 0 Å². The number of anilines is 1. The number of rotatable bonds is 4. The van der Waals surface area contributed by atoms with Gasteiger partial charge in [0.15, 0.2) is 0 Å². The van der Waals surface area contributed by atoms with Crippen LogP contribution >= 0.6 is 0 Å². The summed E-state index contributed by atoms with van der Waals surface area (Å²) in [6.07, 6.45) is -4.38. The van der Waals surface area contributed by atoms with Crippen molar-refractivity contribution in [3.8, 4) is 0 Å². The Hall–Kier alpha value is -1.72. The van der Waals surface area contributed by atoms with E-state index in [1.165, 1.54) is 12.1 Å². The second kappa shape index (κ2) is 5.00. The summed E-state index contributed by atoms with van der Waals surface area (Å²) in [6, 6.07) is 4.52. The Kier molecular flexibility index (Phi) is 4.08. The predicted molar refractivity (Wildman–Crippen MR) is 70.6 cm³/mol. The van der Waals surface area contributed by atoms with Crippen molar-refractivity contribution in [1.29, 1.82) is 0 Å². The van der Waals surface area contributed by atoms with Crippen molar-refractivity contribution in [2.45, 2.75) is 39.4 Å². The van der Waals surface area contributed by atoms with Gasteiger partial charge in [-0.15, -0.1) is 0 Å². The fourth-order valence-corrected chi connectivity index (χ4v) is 1.53. The summed E-state index contributed by atoms with van der Waals surface area (Å²) >= 11 is 0. The van der Waals surface area contributed by atoms with Crippen molar-refractivity contribution in [2.75, 3.05) is 5.32 Å². The van der Waals surface area contributed by atoms with Crippen LogP contribution in [-0.4, -0.2) is 16.6 Å². The molecule has 0 aliphatic rings. The first-order valence-electron chi connectivity index (χ1n) is 6.07. The number of nitrogens with one attached hydrogen (secondary N) is 1. The molecule has 6 heteroatoms. The zero-order valence-electron chi connectivity index (χ0n) is 11.8. The third-order valence-corrected chi connectivity index (χ3v) is 3.77. The molecular weight excluding hydrogens is 271 g/mol. The number of hydrogen-bond acceptors (Lipinski definition) is 2. The van der Waals surface area contributed by atoms with Gasteiger partial charge in [0.25, 0.3) is 0 Å². The van der Waals surface area contributed by atoms with Crippen molar-refractivity contribution < 1.29 is 23.1 Å². The molecule has 0 fully saturated rings. The largest absolute Gasteiger partial charge is 0.481 e. The van der Waals surface area contributed by atoms with E-state index < -0.39 is 28.7 Å². The molecule has 0 radical (unpaired) electrons. The summed E-state index contributed by atoms with van der Waals surface area (Å²) in [6.45, 7) is 6.51. The van der Waals surface area contributed by atoms with Crippen LogP contribution < -0.4 is 5.32 Å². The molecule has 0 saturated heterocycles. The zero-order valence-corrected chi connectivity index (χ0v) is 11.8. The minimum Gasteiger partial charge on any atom is -0.481 e. The average Bonchev–Trinajstić information content (AvgIpc) is 2.27. The molecule has 0 amide bonds. The lowest BCUT2D eigenvalue weighted by Gasteiger charge is -2.39. The standard InChI is InChI=1S/C14H18F3NO2/c1-12(2,11(19)20)13(3,4)18-10-7-5-9(6-8-10)14(15,16)17/h5-8,18H,1-4H3,(H,19,20). The van der Waals surface area contributed by atoms with Gasteiger partial charge in [-0.25, -0.2) is 0 Å². The lowest BCUT2D eigenvalue weighted by Crippen LogP contribution is -2.50. The minimum atomic E-state index is -4.38. The lowest BCUT2D eigenvalue weighted by molar-refractivity contribution is -0.149. The van der Waals surface area contributed by atoms with Gasteiger partial charge in [0.1, 0.15) is 0 Å². The van der Waals surface area contributed by atoms with E-state index in [1.54, 1.807) is 27.7 Å². The van der Waals surface area contributed by atoms with Gasteiger partial charge in [0.05, 0.1) is 11.0 Å². The number of benzene rings is 1. The molecule has 0 aromatic heterocycles. The molecule has 1 aromatic rings. The highest BCUT2D eigenvalue weighted by molar-refractivity contribution is 5.76. The highest BCUT2D eigenvalue weighted by atomic mass is 19.4. The van der Waals surface area contributed by atoms with E-state index in [4.69, 9.17) is 0 Å². The molecule has 1 aromatic carbocycles. The van der Waals surface area contributed by atoms with E-state index in [0.717, 1.165) is 12.1 Å². The Morgan fingerprint density at radius 1 is 1.05 bits per heavy atom. The van der Waals surface area contributed by atoms with Crippen LogP contribution in [0.25, 0.3) is 0 Å². The summed E-state index contributed by atoms with van der Waals surface area (Å²) in [7, 11) is 0. The Bertz CT molecular complexity index is 490. The monoisotopic (exact) mass is 289 g/mol. The number of alkyl halides is 3. The zero-order chi connectivity index (χ0) is 15.8. The number of carbonyl (C=O) groups is 1. The first kappa shape index (κ1) is 16.3. The summed E-state index contributed by atoms with van der Waals surface area (Å²) in [5.74, 6) is -0.984. The first-order chi connectivity index (χ1) is 8.88. The Morgan fingerprint density at radius 3 is 1.85 bits per heavy atom. The second-order valence-electron chi connectivity index (χ2n) is 5.76. The maximum Gasteiger partial charge on any atom is 0.416 e. The molecule has 0 spiro atoms. The van der Waals surface area contributed by atoms with Crippen molar-refractivity contribution in [3.05, 3.63) is 29.8 Å². The molecular formula is C14H18F3NO2. The number of halogens is 3. The third-order valence-electron chi connectivity index (χ3n) is 3.77. The van der Waals surface area contributed by atoms with Crippen LogP contribution in [0.3, 0.4) is 0 Å². The molecule has 112 valence electrons. The third kappa shape index (κ3) is 3.23. The van der Waals surface area contributed by atoms with Crippen LogP contribution in [0.5, 0.6) is 0 Å². The van der Waals surface area contributed by atoms with Gasteiger partial charge in [0.2, 0.25) is 0 Å². The Balaban J connectivity index is 2.97. The van der Waals surface area contributed by atoms with E-state index in [9.17, 15) is 23.1 Å². The van der Waals surface area contributed by atoms with E-state index in [2.05, 4.69) is 5.32 Å². The van der Waals surface area contributed by atoms with Crippen LogP contribution in [0.15, 0.2) is 24.3 Å². The first-order valence-corrected chi connectivity index (χ1v) is 6.07. The molecule has 0 heterocycles. The van der Waals surface area contributed by atoms with Crippen molar-refractivity contribution in [2.24, 2.45) is 5.41 Å². The van der Waals surface area contributed by atoms with Crippen molar-refractivity contribution in [1.82, 2.24) is 0 Å². The average molecular weight is 289 g/mol. The van der Waals surface area contributed by atoms with E-state index in [0.29, 0.717) is 5.69 Å². The number of carboxylic acid groups (broad SMARTS) is 1. The van der Waals surface area contributed by atoms with Gasteiger partial charge in [-0.1, -0.05) is 0 Å². The minimum absolute atomic E-state index is 0.442. The van der Waals surface area contributed by atoms with Crippen LogP contribution in [0.1, 0.15) is 33.3 Å². The molecule has 0 atom stereocenters. The summed E-state index contributed by atoms with van der Waals surface area (Å²) in [5.41, 5.74) is -2.22. The SMILES string of the molecule is CC(C)(Nc1ccc(C(F)(F)F)cc1)C(C)(C)C(=O)O. The highest BCUT2D eigenvalue weighted by Gasteiger charge is 2.43. The van der Waals surface area contributed by atoms with Gasteiger partial charge in [-0.2, -0.15) is 13.2 Å². The van der Waals surface area contributed by atoms with Crippen molar-refractivity contribution >= 4 is 11.7 Å². The fourth-order valence-electron chi connectivity index (χ4n) is 1.53. The van der Waals surface area contributed by atoms with E-state index in [-0.39, 0.29) is 0 Å². The fraction of sp³-hybridized carbons (Fsp3) is 0.500. The second-order valence-corrected chi connectivity index (χ2v) is 5.76. The topological polar surface area (TPSA) is 49.3 Å². The Morgan fingerprint density at radius 2 is 1.50 bits per heavy atom. The van der Waals surface area contributed by atoms with Crippen LogP contribution in [0.4, 0.5) is 18.9 Å². The smallest absolute Gasteiger partial charge is 0.416 e. The van der Waals surface area contributed by atoms with Crippen LogP contribution in [0, 0.1) is 5.41 Å². The molecule has 0 aliphatic carbocycles. The lowest BCUT2D eigenvalue weighted by atomic mass is 9.74.